The third-order valence-electron chi connectivity index (χ3n) is 5.54. The van der Waals surface area contributed by atoms with Gasteiger partial charge in [0.25, 0.3) is 5.91 Å². The molecule has 1 N–H and O–H groups in total. The van der Waals surface area contributed by atoms with Gasteiger partial charge in [-0.15, -0.1) is 0 Å². The van der Waals surface area contributed by atoms with Gasteiger partial charge in [0.15, 0.2) is 0 Å². The van der Waals surface area contributed by atoms with Crippen LogP contribution in [0.2, 0.25) is 0 Å². The normalized spacial score (nSPS) is 23.3. The summed E-state index contributed by atoms with van der Waals surface area (Å²) >= 11 is 0. The van der Waals surface area contributed by atoms with E-state index in [1.54, 1.807) is 4.90 Å². The number of nitrogens with one attached hydrogen (secondary N) is 1. The highest BCUT2D eigenvalue weighted by molar-refractivity contribution is 5.94. The van der Waals surface area contributed by atoms with Gasteiger partial charge in [-0.3, -0.25) is 4.79 Å². The van der Waals surface area contributed by atoms with Crippen LogP contribution in [0.15, 0.2) is 24.3 Å². The molecule has 1 saturated heterocycles. The molecule has 0 spiro atoms. The van der Waals surface area contributed by atoms with Crippen molar-refractivity contribution in [3.63, 3.8) is 0 Å². The van der Waals surface area contributed by atoms with Gasteiger partial charge < -0.3 is 15.0 Å². The van der Waals surface area contributed by atoms with Crippen LogP contribution in [-0.4, -0.2) is 36.0 Å². The Morgan fingerprint density at radius 2 is 1.69 bits per heavy atom. The van der Waals surface area contributed by atoms with Crippen molar-refractivity contribution in [2.45, 2.75) is 64.5 Å². The summed E-state index contributed by atoms with van der Waals surface area (Å²) in [6.45, 7) is 4.10. The highest BCUT2D eigenvalue weighted by Crippen LogP contribution is 2.23. The average molecular weight is 358 g/mol. The van der Waals surface area contributed by atoms with E-state index >= 15 is 0 Å². The quantitative estimate of drug-likeness (QED) is 0.881. The second kappa shape index (κ2) is 9.06. The van der Waals surface area contributed by atoms with Gasteiger partial charge in [-0.1, -0.05) is 19.1 Å². The third kappa shape index (κ3) is 5.23. The molecule has 3 rings (SSSR count). The van der Waals surface area contributed by atoms with Crippen molar-refractivity contribution < 1.29 is 14.3 Å². The van der Waals surface area contributed by atoms with Gasteiger partial charge in [-0.25, -0.2) is 4.79 Å². The number of hydrogen-bond donors (Lipinski definition) is 1. The minimum Gasteiger partial charge on any atom is -0.445 e. The van der Waals surface area contributed by atoms with E-state index in [0.717, 1.165) is 50.3 Å². The van der Waals surface area contributed by atoms with Crippen LogP contribution >= 0.6 is 0 Å². The molecular weight excluding hydrogens is 328 g/mol. The topological polar surface area (TPSA) is 58.6 Å². The Morgan fingerprint density at radius 3 is 2.35 bits per heavy atom. The molecule has 5 heteroatoms. The molecule has 1 heterocycles. The lowest BCUT2D eigenvalue weighted by Crippen LogP contribution is -2.37. The van der Waals surface area contributed by atoms with E-state index in [0.29, 0.717) is 11.6 Å². The summed E-state index contributed by atoms with van der Waals surface area (Å²) in [4.78, 5) is 26.2. The SMILES string of the molecule is CC1CCC(NC(=O)c2ccc(COC(=O)N3CCCCC3)cc2)CC1. The molecular formula is C21H30N2O3. The van der Waals surface area contributed by atoms with Crippen molar-refractivity contribution in [3.05, 3.63) is 35.4 Å². The first kappa shape index (κ1) is 18.7. The first-order valence-corrected chi connectivity index (χ1v) is 9.93. The van der Waals surface area contributed by atoms with Gasteiger partial charge in [-0.05, 0) is 68.6 Å². The fraction of sp³-hybridized carbons (Fsp3) is 0.619. The minimum atomic E-state index is -0.238. The maximum absolute atomic E-state index is 12.4. The summed E-state index contributed by atoms with van der Waals surface area (Å²) in [5.41, 5.74) is 1.56. The van der Waals surface area contributed by atoms with Crippen molar-refractivity contribution in [1.29, 1.82) is 0 Å². The van der Waals surface area contributed by atoms with Gasteiger partial charge in [0, 0.05) is 24.7 Å². The molecule has 0 aromatic heterocycles. The predicted octanol–water partition coefficient (Wildman–Crippen LogP) is 4.12. The number of carbonyl (C=O) groups excluding carboxylic acids is 2. The highest BCUT2D eigenvalue weighted by Gasteiger charge is 2.20. The predicted molar refractivity (Wildman–Crippen MR) is 101 cm³/mol. The molecule has 142 valence electrons. The van der Waals surface area contributed by atoms with E-state index in [2.05, 4.69) is 12.2 Å². The molecule has 2 fully saturated rings. The molecule has 1 aliphatic carbocycles. The average Bonchev–Trinajstić information content (AvgIpc) is 2.69. The zero-order valence-corrected chi connectivity index (χ0v) is 15.7. The maximum Gasteiger partial charge on any atom is 0.410 e. The van der Waals surface area contributed by atoms with Crippen LogP contribution < -0.4 is 5.32 Å². The first-order chi connectivity index (χ1) is 12.6. The number of rotatable bonds is 4. The largest absolute Gasteiger partial charge is 0.445 e. The van der Waals surface area contributed by atoms with Gasteiger partial charge in [0.05, 0.1) is 0 Å². The molecule has 1 aromatic rings. The smallest absolute Gasteiger partial charge is 0.410 e. The fourth-order valence-corrected chi connectivity index (χ4v) is 3.74. The summed E-state index contributed by atoms with van der Waals surface area (Å²) in [5.74, 6) is 0.761. The van der Waals surface area contributed by atoms with Crippen molar-refractivity contribution in [3.8, 4) is 0 Å². The summed E-state index contributed by atoms with van der Waals surface area (Å²) in [6.07, 6.45) is 7.57. The van der Waals surface area contributed by atoms with Crippen molar-refractivity contribution in [2.75, 3.05) is 13.1 Å². The summed E-state index contributed by atoms with van der Waals surface area (Å²) < 4.78 is 5.39. The van der Waals surface area contributed by atoms with Crippen LogP contribution in [0.4, 0.5) is 4.79 Å². The second-order valence-corrected chi connectivity index (χ2v) is 7.73. The van der Waals surface area contributed by atoms with Gasteiger partial charge in [0.2, 0.25) is 0 Å². The molecule has 2 aliphatic rings. The lowest BCUT2D eigenvalue weighted by atomic mass is 9.87. The maximum atomic E-state index is 12.4. The molecule has 0 radical (unpaired) electrons. The number of nitrogens with zero attached hydrogens (tertiary/aromatic N) is 1. The van der Waals surface area contributed by atoms with Crippen LogP contribution in [0.25, 0.3) is 0 Å². The number of hydrogen-bond acceptors (Lipinski definition) is 3. The summed E-state index contributed by atoms with van der Waals surface area (Å²) in [6, 6.07) is 7.64. The van der Waals surface area contributed by atoms with E-state index in [1.807, 2.05) is 24.3 Å². The molecule has 1 aromatic carbocycles. The van der Waals surface area contributed by atoms with E-state index in [-0.39, 0.29) is 18.6 Å². The number of carbonyl (C=O) groups is 2. The minimum absolute atomic E-state index is 0.0126. The van der Waals surface area contributed by atoms with Gasteiger partial charge >= 0.3 is 6.09 Å². The van der Waals surface area contributed by atoms with E-state index in [4.69, 9.17) is 4.74 Å². The van der Waals surface area contributed by atoms with Crippen LogP contribution in [-0.2, 0) is 11.3 Å². The molecule has 0 atom stereocenters. The molecule has 26 heavy (non-hydrogen) atoms. The lowest BCUT2D eigenvalue weighted by molar-refractivity contribution is 0.0890. The number of piperidine rings is 1. The molecule has 0 unspecified atom stereocenters. The lowest BCUT2D eigenvalue weighted by Gasteiger charge is -2.27. The number of likely N-dealkylation sites (tertiary alicyclic amines) is 1. The third-order valence-corrected chi connectivity index (χ3v) is 5.54. The highest BCUT2D eigenvalue weighted by atomic mass is 16.6. The van der Waals surface area contributed by atoms with Gasteiger partial charge in [-0.2, -0.15) is 0 Å². The van der Waals surface area contributed by atoms with Gasteiger partial charge in [0.1, 0.15) is 6.61 Å². The zero-order valence-electron chi connectivity index (χ0n) is 15.7. The van der Waals surface area contributed by atoms with Crippen molar-refractivity contribution >= 4 is 12.0 Å². The van der Waals surface area contributed by atoms with E-state index in [1.165, 1.54) is 19.3 Å². The van der Waals surface area contributed by atoms with E-state index < -0.39 is 0 Å². The number of ether oxygens (including phenoxy) is 1. The Hall–Kier alpha value is -2.04. The van der Waals surface area contributed by atoms with Crippen LogP contribution in [0.5, 0.6) is 0 Å². The second-order valence-electron chi connectivity index (χ2n) is 7.73. The Kier molecular flexibility index (Phi) is 6.53. The Labute approximate surface area is 156 Å². The molecule has 0 bridgehead atoms. The Morgan fingerprint density at radius 1 is 1.04 bits per heavy atom. The summed E-state index contributed by atoms with van der Waals surface area (Å²) in [5, 5.41) is 3.14. The first-order valence-electron chi connectivity index (χ1n) is 9.93. The Bertz CT molecular complexity index is 600. The fourth-order valence-electron chi connectivity index (χ4n) is 3.74. The van der Waals surface area contributed by atoms with Crippen molar-refractivity contribution in [1.82, 2.24) is 10.2 Å². The molecule has 1 saturated carbocycles. The number of benzene rings is 1. The Balaban J connectivity index is 1.45. The van der Waals surface area contributed by atoms with E-state index in [9.17, 15) is 9.59 Å². The number of amides is 2. The van der Waals surface area contributed by atoms with Crippen LogP contribution in [0.3, 0.4) is 0 Å². The standard InChI is InChI=1S/C21H30N2O3/c1-16-5-11-19(12-6-16)22-20(24)18-9-7-17(8-10-18)15-26-21(25)23-13-3-2-4-14-23/h7-10,16,19H,2-6,11-15H2,1H3,(H,22,24). The molecule has 1 aliphatic heterocycles. The van der Waals surface area contributed by atoms with Crippen LogP contribution in [0, 0.1) is 5.92 Å². The summed E-state index contributed by atoms with van der Waals surface area (Å²) in [7, 11) is 0. The monoisotopic (exact) mass is 358 g/mol. The zero-order chi connectivity index (χ0) is 18.4. The molecule has 2 amide bonds. The molecule has 5 nitrogen and oxygen atoms in total. The van der Waals surface area contributed by atoms with Crippen LogP contribution in [0.1, 0.15) is 67.8 Å². The van der Waals surface area contributed by atoms with Crippen molar-refractivity contribution in [2.24, 2.45) is 5.92 Å².